The Bertz CT molecular complexity index is 1110. The van der Waals surface area contributed by atoms with E-state index in [0.29, 0.717) is 34.7 Å². The summed E-state index contributed by atoms with van der Waals surface area (Å²) in [4.78, 5) is 27.3. The molecule has 1 heterocycles. The van der Waals surface area contributed by atoms with E-state index in [1.165, 1.54) is 17.0 Å². The topological polar surface area (TPSA) is 158 Å². The van der Waals surface area contributed by atoms with Crippen LogP contribution >= 0.6 is 0 Å². The van der Waals surface area contributed by atoms with Crippen molar-refractivity contribution in [3.8, 4) is 11.8 Å². The number of aliphatic hydroxyl groups is 2. The van der Waals surface area contributed by atoms with Crippen LogP contribution in [0.5, 0.6) is 5.75 Å². The Labute approximate surface area is 203 Å². The maximum atomic E-state index is 13.2. The monoisotopic (exact) mass is 482 g/mol. The van der Waals surface area contributed by atoms with Crippen LogP contribution in [0.1, 0.15) is 31.4 Å². The lowest BCUT2D eigenvalue weighted by molar-refractivity contribution is -0.150. The lowest BCUT2D eigenvalue weighted by Crippen LogP contribution is -2.55. The molecule has 0 unspecified atom stereocenters. The van der Waals surface area contributed by atoms with E-state index in [2.05, 4.69) is 5.32 Å². The summed E-state index contributed by atoms with van der Waals surface area (Å²) in [5, 5.41) is 32.2. The number of hydrogen-bond acceptors (Lipinski definition) is 8. The molecule has 2 atom stereocenters. The summed E-state index contributed by atoms with van der Waals surface area (Å²) >= 11 is 0. The number of rotatable bonds is 9. The number of anilines is 2. The Morgan fingerprint density at radius 3 is 2.80 bits per heavy atom. The number of carbonyl (C=O) groups excluding carboxylic acids is 2. The molecule has 0 saturated carbocycles. The Balaban J connectivity index is 1.72. The highest BCUT2D eigenvalue weighted by atomic mass is 16.5. The number of nitrogens with zero attached hydrogens (tertiary/aromatic N) is 2. The SMILES string of the molecule is CC(C)(O)CCOc1ccccc1N1CCO[C@H]([C@@H](O)C(=O)Nc2ccc(C#N)c(CN)c2)C1=O. The van der Waals surface area contributed by atoms with Crippen molar-refractivity contribution in [2.24, 2.45) is 5.73 Å². The van der Waals surface area contributed by atoms with Gasteiger partial charge in [0, 0.05) is 25.2 Å². The molecule has 35 heavy (non-hydrogen) atoms. The number of nitrogens with two attached hydrogens (primary N) is 1. The highest BCUT2D eigenvalue weighted by Crippen LogP contribution is 2.31. The molecular weight excluding hydrogens is 452 g/mol. The normalized spacial score (nSPS) is 17.0. The minimum Gasteiger partial charge on any atom is -0.491 e. The molecule has 1 fully saturated rings. The van der Waals surface area contributed by atoms with Gasteiger partial charge in [-0.1, -0.05) is 12.1 Å². The predicted octanol–water partition coefficient (Wildman–Crippen LogP) is 1.29. The zero-order valence-corrected chi connectivity index (χ0v) is 19.7. The van der Waals surface area contributed by atoms with Gasteiger partial charge in [-0.25, -0.2) is 0 Å². The second-order valence-electron chi connectivity index (χ2n) is 8.78. The van der Waals surface area contributed by atoms with Crippen LogP contribution in [0.15, 0.2) is 42.5 Å². The predicted molar refractivity (Wildman–Crippen MR) is 129 cm³/mol. The molecule has 3 rings (SSSR count). The number of aliphatic hydroxyl groups excluding tert-OH is 1. The van der Waals surface area contributed by atoms with Crippen molar-refractivity contribution in [2.45, 2.75) is 44.6 Å². The number of morpholine rings is 1. The van der Waals surface area contributed by atoms with Gasteiger partial charge in [-0.3, -0.25) is 9.59 Å². The van der Waals surface area contributed by atoms with Crippen molar-refractivity contribution in [3.05, 3.63) is 53.6 Å². The first-order valence-corrected chi connectivity index (χ1v) is 11.2. The van der Waals surface area contributed by atoms with E-state index in [1.54, 1.807) is 44.2 Å². The summed E-state index contributed by atoms with van der Waals surface area (Å²) in [6.45, 7) is 4.02. The molecule has 186 valence electrons. The second-order valence-corrected chi connectivity index (χ2v) is 8.78. The molecule has 0 bridgehead atoms. The van der Waals surface area contributed by atoms with Gasteiger partial charge in [-0.15, -0.1) is 0 Å². The molecule has 10 nitrogen and oxygen atoms in total. The van der Waals surface area contributed by atoms with Gasteiger partial charge in [0.2, 0.25) is 0 Å². The van der Waals surface area contributed by atoms with Gasteiger partial charge < -0.3 is 35.6 Å². The minimum absolute atomic E-state index is 0.103. The third kappa shape index (κ3) is 6.55. The minimum atomic E-state index is -1.77. The first-order valence-electron chi connectivity index (χ1n) is 11.2. The summed E-state index contributed by atoms with van der Waals surface area (Å²) in [6, 6.07) is 13.5. The van der Waals surface area contributed by atoms with Crippen LogP contribution in [0.3, 0.4) is 0 Å². The van der Waals surface area contributed by atoms with Gasteiger partial charge in [0.25, 0.3) is 11.8 Å². The number of carbonyl (C=O) groups is 2. The molecule has 0 radical (unpaired) electrons. The fourth-order valence-electron chi connectivity index (χ4n) is 3.59. The molecule has 2 amide bonds. The van der Waals surface area contributed by atoms with Crippen LogP contribution in [-0.4, -0.2) is 59.6 Å². The second kappa shape index (κ2) is 11.3. The van der Waals surface area contributed by atoms with Crippen LogP contribution in [0, 0.1) is 11.3 Å². The van der Waals surface area contributed by atoms with Gasteiger partial charge >= 0.3 is 0 Å². The van der Waals surface area contributed by atoms with Crippen molar-refractivity contribution >= 4 is 23.2 Å². The fraction of sp³-hybridized carbons (Fsp3) is 0.400. The molecule has 2 aromatic rings. The molecule has 1 saturated heterocycles. The van der Waals surface area contributed by atoms with E-state index >= 15 is 0 Å². The smallest absolute Gasteiger partial charge is 0.259 e. The highest BCUT2D eigenvalue weighted by Gasteiger charge is 2.40. The van der Waals surface area contributed by atoms with E-state index in [1.807, 2.05) is 6.07 Å². The van der Waals surface area contributed by atoms with Gasteiger partial charge in [-0.2, -0.15) is 5.26 Å². The van der Waals surface area contributed by atoms with Gasteiger partial charge in [0.05, 0.1) is 36.1 Å². The van der Waals surface area contributed by atoms with E-state index in [0.717, 1.165) is 0 Å². The zero-order chi connectivity index (χ0) is 25.6. The Hall–Kier alpha value is -3.49. The Morgan fingerprint density at radius 2 is 2.11 bits per heavy atom. The molecule has 5 N–H and O–H groups in total. The molecule has 10 heteroatoms. The summed E-state index contributed by atoms with van der Waals surface area (Å²) in [5.74, 6) is -0.968. The van der Waals surface area contributed by atoms with E-state index in [9.17, 15) is 19.8 Å². The largest absolute Gasteiger partial charge is 0.491 e. The van der Waals surface area contributed by atoms with Gasteiger partial charge in [0.1, 0.15) is 5.75 Å². The van der Waals surface area contributed by atoms with Gasteiger partial charge in [0.15, 0.2) is 12.2 Å². The fourth-order valence-corrected chi connectivity index (χ4v) is 3.59. The molecule has 0 aliphatic carbocycles. The standard InChI is InChI=1S/C25H30N4O6/c1-25(2,33)9-11-34-20-6-4-3-5-19(20)29-10-12-35-22(24(29)32)21(30)23(31)28-18-8-7-16(14-26)17(13-18)15-27/h3-8,13,21-22,30,33H,9-12,15,27H2,1-2H3,(H,28,31)/t21-,22-/m1/s1. The van der Waals surface area contributed by atoms with Crippen molar-refractivity contribution in [2.75, 3.05) is 30.0 Å². The molecule has 1 aliphatic rings. The molecule has 0 aromatic heterocycles. The summed E-state index contributed by atoms with van der Waals surface area (Å²) in [6.07, 6.45) is -2.80. The summed E-state index contributed by atoms with van der Waals surface area (Å²) in [7, 11) is 0. The number of hydrogen-bond donors (Lipinski definition) is 4. The Morgan fingerprint density at radius 1 is 1.37 bits per heavy atom. The number of amides is 2. The number of ether oxygens (including phenoxy) is 2. The number of para-hydroxylation sites is 2. The third-order valence-corrected chi connectivity index (χ3v) is 5.52. The van der Waals surface area contributed by atoms with Crippen LogP contribution in [0.2, 0.25) is 0 Å². The van der Waals surface area contributed by atoms with Crippen LogP contribution in [-0.2, 0) is 20.9 Å². The van der Waals surface area contributed by atoms with Gasteiger partial charge in [-0.05, 0) is 49.7 Å². The maximum Gasteiger partial charge on any atom is 0.259 e. The average molecular weight is 483 g/mol. The van der Waals surface area contributed by atoms with Crippen molar-refractivity contribution < 1.29 is 29.3 Å². The van der Waals surface area contributed by atoms with E-state index in [4.69, 9.17) is 20.5 Å². The zero-order valence-electron chi connectivity index (χ0n) is 19.7. The lowest BCUT2D eigenvalue weighted by atomic mass is 10.1. The summed E-state index contributed by atoms with van der Waals surface area (Å²) in [5.41, 5.74) is 6.49. The molecular formula is C25H30N4O6. The average Bonchev–Trinajstić information content (AvgIpc) is 2.83. The number of nitriles is 1. The van der Waals surface area contributed by atoms with E-state index in [-0.39, 0.29) is 26.3 Å². The quantitative estimate of drug-likeness (QED) is 0.416. The van der Waals surface area contributed by atoms with Crippen molar-refractivity contribution in [3.63, 3.8) is 0 Å². The Kier molecular flexibility index (Phi) is 8.43. The highest BCUT2D eigenvalue weighted by molar-refractivity contribution is 6.04. The number of nitrogens with one attached hydrogen (secondary N) is 1. The third-order valence-electron chi connectivity index (χ3n) is 5.52. The lowest BCUT2D eigenvalue weighted by Gasteiger charge is -2.34. The van der Waals surface area contributed by atoms with E-state index < -0.39 is 29.6 Å². The van der Waals surface area contributed by atoms with Crippen LogP contribution in [0.25, 0.3) is 0 Å². The van der Waals surface area contributed by atoms with Crippen LogP contribution < -0.4 is 20.7 Å². The van der Waals surface area contributed by atoms with Crippen molar-refractivity contribution in [1.82, 2.24) is 0 Å². The van der Waals surface area contributed by atoms with Crippen molar-refractivity contribution in [1.29, 1.82) is 5.26 Å². The first kappa shape index (κ1) is 26.1. The summed E-state index contributed by atoms with van der Waals surface area (Å²) < 4.78 is 11.3. The molecule has 2 aromatic carbocycles. The number of benzene rings is 2. The van der Waals surface area contributed by atoms with Crippen LogP contribution in [0.4, 0.5) is 11.4 Å². The molecule has 1 aliphatic heterocycles. The first-order chi connectivity index (χ1) is 16.6. The maximum absolute atomic E-state index is 13.2. The molecule has 0 spiro atoms.